The first-order chi connectivity index (χ1) is 8.04. The van der Waals surface area contributed by atoms with Gasteiger partial charge in [0, 0.05) is 12.1 Å². The predicted molar refractivity (Wildman–Crippen MR) is 71.7 cm³/mol. The third kappa shape index (κ3) is 3.41. The second-order valence-electron chi connectivity index (χ2n) is 3.77. The van der Waals surface area contributed by atoms with Gasteiger partial charge in [0.25, 0.3) is 0 Å². The predicted octanol–water partition coefficient (Wildman–Crippen LogP) is 1.60. The maximum atomic E-state index is 9.79. The highest BCUT2D eigenvalue weighted by Crippen LogP contribution is 2.38. The van der Waals surface area contributed by atoms with Crippen LogP contribution < -0.4 is 15.2 Å². The molecule has 0 saturated carbocycles. The molecule has 0 fully saturated rings. The molecule has 0 aromatic heterocycles. The van der Waals surface area contributed by atoms with Crippen LogP contribution in [0.3, 0.4) is 0 Å². The summed E-state index contributed by atoms with van der Waals surface area (Å²) in [7, 11) is 2.95. The second-order valence-corrected chi connectivity index (χ2v) is 3.77. The number of benzene rings is 1. The van der Waals surface area contributed by atoms with Crippen LogP contribution in [0.1, 0.15) is 24.9 Å². The lowest BCUT2D eigenvalue weighted by Gasteiger charge is -2.22. The molecule has 0 amide bonds. The molecule has 0 aliphatic heterocycles. The fraction of sp³-hybridized carbons (Fsp3) is 0.500. The number of halogens is 1. The zero-order valence-corrected chi connectivity index (χ0v) is 11.5. The van der Waals surface area contributed by atoms with Crippen molar-refractivity contribution >= 4 is 12.4 Å². The van der Waals surface area contributed by atoms with E-state index in [-0.39, 0.29) is 18.2 Å². The van der Waals surface area contributed by atoms with E-state index in [0.29, 0.717) is 23.5 Å². The van der Waals surface area contributed by atoms with Gasteiger partial charge in [-0.3, -0.25) is 0 Å². The molecule has 4 N–H and O–H groups in total. The first-order valence-corrected chi connectivity index (χ1v) is 5.43. The van der Waals surface area contributed by atoms with Crippen LogP contribution >= 0.6 is 12.4 Å². The van der Waals surface area contributed by atoms with Crippen LogP contribution in [-0.2, 0) is 0 Å². The third-order valence-corrected chi connectivity index (χ3v) is 2.69. The summed E-state index contributed by atoms with van der Waals surface area (Å²) < 4.78 is 10.3. The molecule has 18 heavy (non-hydrogen) atoms. The Balaban J connectivity index is 0.00000289. The van der Waals surface area contributed by atoms with E-state index in [2.05, 4.69) is 0 Å². The van der Waals surface area contributed by atoms with Gasteiger partial charge in [-0.2, -0.15) is 0 Å². The summed E-state index contributed by atoms with van der Waals surface area (Å²) >= 11 is 0. The van der Waals surface area contributed by atoms with Crippen LogP contribution in [0.15, 0.2) is 12.1 Å². The number of rotatable bonds is 5. The molecule has 0 bridgehead atoms. The van der Waals surface area contributed by atoms with Crippen LogP contribution in [-0.4, -0.2) is 30.5 Å². The van der Waals surface area contributed by atoms with Crippen molar-refractivity contribution in [1.29, 1.82) is 0 Å². The number of phenolic OH excluding ortho intramolecular Hbond substituents is 1. The van der Waals surface area contributed by atoms with Crippen molar-refractivity contribution in [2.24, 2.45) is 5.73 Å². The zero-order chi connectivity index (χ0) is 13.0. The zero-order valence-electron chi connectivity index (χ0n) is 10.7. The normalized spacial score (nSPS) is 13.4. The van der Waals surface area contributed by atoms with E-state index < -0.39 is 12.1 Å². The van der Waals surface area contributed by atoms with Crippen molar-refractivity contribution in [3.05, 3.63) is 17.7 Å². The molecule has 0 aliphatic rings. The molecule has 0 heterocycles. The Bertz CT molecular complexity index is 361. The largest absolute Gasteiger partial charge is 0.508 e. The molecule has 0 aliphatic carbocycles. The maximum Gasteiger partial charge on any atom is 0.131 e. The summed E-state index contributed by atoms with van der Waals surface area (Å²) in [6, 6.07) is 2.27. The van der Waals surface area contributed by atoms with Gasteiger partial charge in [0.15, 0.2) is 0 Å². The molecule has 0 radical (unpaired) electrons. The van der Waals surface area contributed by atoms with Crippen LogP contribution in [0.2, 0.25) is 0 Å². The van der Waals surface area contributed by atoms with Gasteiger partial charge < -0.3 is 25.4 Å². The standard InChI is InChI=1S/C12H19NO4.ClH/c1-4-8(15)12(13)11-9(16-2)5-7(14)6-10(11)17-3;/h5-6,8,12,14-15H,4,13H2,1-3H3;1H/t8-,12-;/m1./s1. The quantitative estimate of drug-likeness (QED) is 0.761. The molecule has 1 aromatic rings. The molecular formula is C12H20ClNO4. The molecule has 1 aromatic carbocycles. The third-order valence-electron chi connectivity index (χ3n) is 2.69. The highest BCUT2D eigenvalue weighted by Gasteiger charge is 2.24. The molecule has 0 spiro atoms. The minimum Gasteiger partial charge on any atom is -0.508 e. The molecule has 0 saturated heterocycles. The SMILES string of the molecule is CC[C@@H](O)[C@@H](N)c1c(OC)cc(O)cc1OC.Cl. The summed E-state index contributed by atoms with van der Waals surface area (Å²) in [5, 5.41) is 19.3. The van der Waals surface area contributed by atoms with Gasteiger partial charge in [0.1, 0.15) is 17.2 Å². The number of aliphatic hydroxyl groups is 1. The number of hydrogen-bond donors (Lipinski definition) is 3. The van der Waals surface area contributed by atoms with Gasteiger partial charge in [-0.25, -0.2) is 0 Å². The van der Waals surface area contributed by atoms with E-state index in [1.807, 2.05) is 6.92 Å². The summed E-state index contributed by atoms with van der Waals surface area (Å²) in [5.41, 5.74) is 6.52. The van der Waals surface area contributed by atoms with E-state index in [1.54, 1.807) is 0 Å². The lowest BCUT2D eigenvalue weighted by Crippen LogP contribution is -2.26. The maximum absolute atomic E-state index is 9.79. The fourth-order valence-corrected chi connectivity index (χ4v) is 1.70. The summed E-state index contributed by atoms with van der Waals surface area (Å²) in [6.07, 6.45) is -0.170. The number of nitrogens with two attached hydrogens (primary N) is 1. The van der Waals surface area contributed by atoms with Crippen LogP contribution in [0, 0.1) is 0 Å². The summed E-state index contributed by atoms with van der Waals surface area (Å²) in [5.74, 6) is 0.837. The monoisotopic (exact) mass is 277 g/mol. The average Bonchev–Trinajstić information content (AvgIpc) is 2.35. The molecule has 1 rings (SSSR count). The smallest absolute Gasteiger partial charge is 0.131 e. The van der Waals surface area contributed by atoms with E-state index in [1.165, 1.54) is 26.4 Å². The Kier molecular flexibility index (Phi) is 6.83. The Morgan fingerprint density at radius 3 is 2.00 bits per heavy atom. The number of aliphatic hydroxyl groups excluding tert-OH is 1. The highest BCUT2D eigenvalue weighted by molar-refractivity contribution is 5.85. The average molecular weight is 278 g/mol. The Morgan fingerprint density at radius 1 is 1.22 bits per heavy atom. The number of phenols is 1. The Labute approximate surface area is 113 Å². The van der Waals surface area contributed by atoms with Crippen molar-refractivity contribution < 1.29 is 19.7 Å². The van der Waals surface area contributed by atoms with Crippen molar-refractivity contribution in [2.45, 2.75) is 25.5 Å². The second kappa shape index (κ2) is 7.31. The van der Waals surface area contributed by atoms with Gasteiger partial charge in [-0.05, 0) is 6.42 Å². The first-order valence-electron chi connectivity index (χ1n) is 5.43. The number of aromatic hydroxyl groups is 1. The minimum absolute atomic E-state index is 0. The Hall–Kier alpha value is -1.17. The fourth-order valence-electron chi connectivity index (χ4n) is 1.70. The summed E-state index contributed by atoms with van der Waals surface area (Å²) in [6.45, 7) is 1.84. The first kappa shape index (κ1) is 16.8. The van der Waals surface area contributed by atoms with Gasteiger partial charge in [0.05, 0.1) is 31.9 Å². The van der Waals surface area contributed by atoms with E-state index in [9.17, 15) is 10.2 Å². The van der Waals surface area contributed by atoms with Crippen molar-refractivity contribution in [2.75, 3.05) is 14.2 Å². The van der Waals surface area contributed by atoms with Crippen molar-refractivity contribution in [3.8, 4) is 17.2 Å². The minimum atomic E-state index is -0.692. The van der Waals surface area contributed by atoms with Crippen molar-refractivity contribution in [1.82, 2.24) is 0 Å². The van der Waals surface area contributed by atoms with Crippen LogP contribution in [0.4, 0.5) is 0 Å². The lowest BCUT2D eigenvalue weighted by molar-refractivity contribution is 0.138. The molecule has 2 atom stereocenters. The highest BCUT2D eigenvalue weighted by atomic mass is 35.5. The van der Waals surface area contributed by atoms with Crippen LogP contribution in [0.25, 0.3) is 0 Å². The van der Waals surface area contributed by atoms with Gasteiger partial charge in [-0.1, -0.05) is 6.92 Å². The lowest BCUT2D eigenvalue weighted by atomic mass is 9.98. The molecule has 104 valence electrons. The number of hydrogen-bond acceptors (Lipinski definition) is 5. The number of ether oxygens (including phenoxy) is 2. The number of methoxy groups -OCH3 is 2. The van der Waals surface area contributed by atoms with E-state index in [4.69, 9.17) is 15.2 Å². The Morgan fingerprint density at radius 2 is 1.67 bits per heavy atom. The molecular weight excluding hydrogens is 258 g/mol. The van der Waals surface area contributed by atoms with Gasteiger partial charge in [0.2, 0.25) is 0 Å². The topological polar surface area (TPSA) is 84.9 Å². The summed E-state index contributed by atoms with van der Waals surface area (Å²) in [4.78, 5) is 0. The van der Waals surface area contributed by atoms with Crippen molar-refractivity contribution in [3.63, 3.8) is 0 Å². The molecule has 6 heteroatoms. The van der Waals surface area contributed by atoms with Crippen LogP contribution in [0.5, 0.6) is 17.2 Å². The van der Waals surface area contributed by atoms with E-state index >= 15 is 0 Å². The van der Waals surface area contributed by atoms with Gasteiger partial charge >= 0.3 is 0 Å². The van der Waals surface area contributed by atoms with Gasteiger partial charge in [-0.15, -0.1) is 12.4 Å². The van der Waals surface area contributed by atoms with E-state index in [0.717, 1.165) is 0 Å². The molecule has 0 unspecified atom stereocenters. The molecule has 5 nitrogen and oxygen atoms in total.